The van der Waals surface area contributed by atoms with Gasteiger partial charge in [0.05, 0.1) is 13.2 Å². The molecule has 0 saturated heterocycles. The van der Waals surface area contributed by atoms with Crippen molar-refractivity contribution >= 4 is 0 Å². The van der Waals surface area contributed by atoms with E-state index in [0.29, 0.717) is 6.42 Å². The van der Waals surface area contributed by atoms with Gasteiger partial charge in [0.1, 0.15) is 0 Å². The first-order chi connectivity index (χ1) is 12.1. The fourth-order valence-corrected chi connectivity index (χ4v) is 0.945. The van der Waals surface area contributed by atoms with E-state index >= 15 is 0 Å². The second kappa shape index (κ2) is 56.2. The van der Waals surface area contributed by atoms with Crippen LogP contribution in [0.5, 0.6) is 0 Å². The van der Waals surface area contributed by atoms with Crippen molar-refractivity contribution in [3.8, 4) is 0 Å². The molecule has 0 aromatic heterocycles. The Kier molecular flexibility index (Phi) is 88.4. The molecule has 0 amide bonds. The number of hydrogen-bond acceptors (Lipinski definition) is 5. The Balaban J connectivity index is -0.0000000510. The van der Waals surface area contributed by atoms with Gasteiger partial charge in [-0.3, -0.25) is 10.5 Å². The SMILES string of the molecule is CCCCC(C)CC.OOCCCOO.[CH2-]CCC.[CH2-]CCC.[CH3-].[O]=[Ti]. The van der Waals surface area contributed by atoms with Crippen molar-refractivity contribution in [3.63, 3.8) is 0 Å². The predicted octanol–water partition coefficient (Wildman–Crippen LogP) is 7.15. The predicted molar refractivity (Wildman–Crippen MR) is 108 cm³/mol. The summed E-state index contributed by atoms with van der Waals surface area (Å²) in [7, 11) is 0. The van der Waals surface area contributed by atoms with Gasteiger partial charge in [-0.15, -0.1) is 0 Å². The maximum absolute atomic E-state index is 8.25. The molecular formula is C20H47O5Ti-3. The minimum absolute atomic E-state index is 0. The van der Waals surface area contributed by atoms with Gasteiger partial charge in [-0.05, 0) is 5.92 Å². The summed E-state index contributed by atoms with van der Waals surface area (Å²) in [6.07, 6.45) is 10.6. The Morgan fingerprint density at radius 2 is 1.19 bits per heavy atom. The summed E-state index contributed by atoms with van der Waals surface area (Å²) in [6, 6.07) is 0. The molecule has 0 aliphatic rings. The van der Waals surface area contributed by atoms with Gasteiger partial charge in [-0.1, -0.05) is 73.1 Å². The van der Waals surface area contributed by atoms with Crippen LogP contribution < -0.4 is 0 Å². The van der Waals surface area contributed by atoms with Gasteiger partial charge in [0.2, 0.25) is 0 Å². The van der Waals surface area contributed by atoms with Gasteiger partial charge in [0.25, 0.3) is 0 Å². The zero-order chi connectivity index (χ0) is 20.8. The van der Waals surface area contributed by atoms with E-state index in [1.807, 2.05) is 0 Å². The van der Waals surface area contributed by atoms with Crippen LogP contribution in [0, 0.1) is 27.2 Å². The Bertz CT molecular complexity index is 151. The van der Waals surface area contributed by atoms with Crippen LogP contribution in [0.15, 0.2) is 0 Å². The van der Waals surface area contributed by atoms with Crippen LogP contribution in [0.2, 0.25) is 0 Å². The van der Waals surface area contributed by atoms with Gasteiger partial charge in [-0.2, -0.15) is 12.8 Å². The molecule has 0 rings (SSSR count). The molecule has 0 aromatic rings. The monoisotopic (exact) mass is 415 g/mol. The van der Waals surface area contributed by atoms with Crippen LogP contribution in [-0.4, -0.2) is 23.7 Å². The van der Waals surface area contributed by atoms with Crippen molar-refractivity contribution in [2.75, 3.05) is 13.2 Å². The average molecular weight is 415 g/mol. The van der Waals surface area contributed by atoms with Crippen LogP contribution in [0.3, 0.4) is 0 Å². The van der Waals surface area contributed by atoms with Gasteiger partial charge >= 0.3 is 23.7 Å². The van der Waals surface area contributed by atoms with E-state index in [-0.39, 0.29) is 20.6 Å². The van der Waals surface area contributed by atoms with E-state index in [9.17, 15) is 0 Å². The van der Waals surface area contributed by atoms with Gasteiger partial charge in [-0.25, -0.2) is 9.78 Å². The number of rotatable bonds is 10. The summed E-state index contributed by atoms with van der Waals surface area (Å²) in [5, 5.41) is 15.3. The first-order valence-corrected chi connectivity index (χ1v) is 10.0. The average Bonchev–Trinajstić information content (AvgIpc) is 2.68. The van der Waals surface area contributed by atoms with Crippen molar-refractivity contribution in [3.05, 3.63) is 21.3 Å². The van der Waals surface area contributed by atoms with E-state index in [4.69, 9.17) is 13.8 Å². The first kappa shape index (κ1) is 40.9. The molecule has 0 bridgehead atoms. The van der Waals surface area contributed by atoms with Crippen molar-refractivity contribution in [1.82, 2.24) is 0 Å². The zero-order valence-corrected chi connectivity index (χ0v) is 20.0. The molecule has 0 radical (unpaired) electrons. The first-order valence-electron chi connectivity index (χ1n) is 9.37. The van der Waals surface area contributed by atoms with Crippen molar-refractivity contribution in [2.24, 2.45) is 5.92 Å². The zero-order valence-electron chi connectivity index (χ0n) is 18.4. The number of unbranched alkanes of at least 4 members (excludes halogenated alkanes) is 3. The van der Waals surface area contributed by atoms with Crippen LogP contribution in [0.1, 0.15) is 92.4 Å². The Hall–Kier alpha value is 0.354. The molecule has 6 heteroatoms. The quantitative estimate of drug-likeness (QED) is 0.130. The third kappa shape index (κ3) is 87.0. The Morgan fingerprint density at radius 1 is 0.846 bits per heavy atom. The topological polar surface area (TPSA) is 76.0 Å². The van der Waals surface area contributed by atoms with Crippen LogP contribution in [-0.2, 0) is 33.5 Å². The summed E-state index contributed by atoms with van der Waals surface area (Å²) in [5.41, 5.74) is 0. The second-order valence-electron chi connectivity index (χ2n) is 5.38. The van der Waals surface area contributed by atoms with Crippen LogP contribution in [0.25, 0.3) is 0 Å². The third-order valence-electron chi connectivity index (χ3n) is 2.93. The summed E-state index contributed by atoms with van der Waals surface area (Å²) in [4.78, 5) is 7.31. The summed E-state index contributed by atoms with van der Waals surface area (Å²) >= 11 is 0.750. The van der Waals surface area contributed by atoms with Gasteiger partial charge in [0, 0.05) is 6.42 Å². The van der Waals surface area contributed by atoms with Crippen LogP contribution >= 0.6 is 0 Å². The maximum atomic E-state index is 8.25. The molecule has 0 aromatic carbocycles. The molecule has 0 saturated carbocycles. The van der Waals surface area contributed by atoms with Crippen molar-refractivity contribution < 1.29 is 44.0 Å². The van der Waals surface area contributed by atoms with Gasteiger partial charge < -0.3 is 21.3 Å². The summed E-state index contributed by atoms with van der Waals surface area (Å²) < 4.78 is 8.25. The van der Waals surface area contributed by atoms with E-state index in [0.717, 1.165) is 39.2 Å². The van der Waals surface area contributed by atoms with Crippen molar-refractivity contribution in [2.45, 2.75) is 92.4 Å². The van der Waals surface area contributed by atoms with Crippen molar-refractivity contribution in [1.29, 1.82) is 0 Å². The van der Waals surface area contributed by atoms with Crippen LogP contribution in [0.4, 0.5) is 0 Å². The fourth-order valence-electron chi connectivity index (χ4n) is 0.945. The normalized spacial score (nSPS) is 9.23. The molecule has 2 N–H and O–H groups in total. The molecule has 26 heavy (non-hydrogen) atoms. The fraction of sp³-hybridized carbons (Fsp3) is 0.850. The van der Waals surface area contributed by atoms with E-state index in [1.54, 1.807) is 0 Å². The van der Waals surface area contributed by atoms with Gasteiger partial charge in [0.15, 0.2) is 0 Å². The summed E-state index contributed by atoms with van der Waals surface area (Å²) in [5.74, 6) is 0.954. The molecule has 1 atom stereocenters. The molecule has 0 heterocycles. The standard InChI is InChI=1S/C8H18.2C4H9.C3H8O4.CH3.O.Ti/c1-4-6-7-8(3)5-2;2*1-3-4-2;4-6-2-1-3-7-5;;;/h8H,4-7H2,1-3H3;2*1,3-4H2,2H3;4-5H,1-3H2;1H3;;/q;2*-1;;-1;;. The molecule has 0 aliphatic heterocycles. The molecule has 0 aliphatic carbocycles. The number of hydrogen-bond donors (Lipinski definition) is 2. The second-order valence-corrected chi connectivity index (χ2v) is 5.38. The minimum atomic E-state index is 0. The molecule has 0 spiro atoms. The Labute approximate surface area is 176 Å². The third-order valence-corrected chi connectivity index (χ3v) is 2.93. The van der Waals surface area contributed by atoms with E-state index < -0.39 is 0 Å². The molecule has 0 fully saturated rings. The van der Waals surface area contributed by atoms with E-state index in [2.05, 4.69) is 58.2 Å². The molecule has 1 unspecified atom stereocenters. The van der Waals surface area contributed by atoms with E-state index in [1.165, 1.54) is 38.5 Å². The molecular weight excluding hydrogens is 368 g/mol. The molecule has 5 nitrogen and oxygen atoms in total. The Morgan fingerprint density at radius 3 is 1.38 bits per heavy atom. The summed E-state index contributed by atoms with van der Waals surface area (Å²) in [6.45, 7) is 18.7. The molecule has 164 valence electrons.